The maximum absolute atomic E-state index is 12.0. The van der Waals surface area contributed by atoms with E-state index in [0.717, 1.165) is 0 Å². The lowest BCUT2D eigenvalue weighted by atomic mass is 10.1. The van der Waals surface area contributed by atoms with E-state index in [9.17, 15) is 9.59 Å². The number of nitrogens with one attached hydrogen (secondary N) is 1. The summed E-state index contributed by atoms with van der Waals surface area (Å²) in [6, 6.07) is 0. The van der Waals surface area contributed by atoms with Crippen molar-refractivity contribution >= 4 is 17.2 Å². The Balaban J connectivity index is 2.75. The molecule has 0 aliphatic heterocycles. The molecule has 2 rings (SSSR count). The molecule has 0 aromatic carbocycles. The van der Waals surface area contributed by atoms with Crippen molar-refractivity contribution in [1.29, 1.82) is 0 Å². The van der Waals surface area contributed by atoms with Crippen LogP contribution in [-0.4, -0.2) is 15.9 Å². The third-order valence-corrected chi connectivity index (χ3v) is 2.98. The molecule has 1 amide bonds. The van der Waals surface area contributed by atoms with E-state index >= 15 is 0 Å². The zero-order valence-electron chi connectivity index (χ0n) is 8.48. The lowest BCUT2D eigenvalue weighted by Gasteiger charge is -2.03. The Hall–Kier alpha value is -1.95. The van der Waals surface area contributed by atoms with Crippen LogP contribution in [0.3, 0.4) is 0 Å². The van der Waals surface area contributed by atoms with E-state index in [2.05, 4.69) is 9.97 Å². The van der Waals surface area contributed by atoms with Crippen molar-refractivity contribution in [2.45, 2.75) is 6.92 Å². The number of aryl methyl sites for hydroxylation is 1. The first-order valence-corrected chi connectivity index (χ1v) is 5.41. The standard InChI is InChI=1S/C10H9N3O2S/c1-5-7(10-12-2-3-16-10)8(14)6(4-13-5)9(11)15/h2-4H,1H3,(H2,11,15)(H,13,14). The number of thiazole rings is 1. The van der Waals surface area contributed by atoms with Gasteiger partial charge in [0.2, 0.25) is 5.43 Å². The summed E-state index contributed by atoms with van der Waals surface area (Å²) in [5, 5.41) is 2.35. The first-order valence-electron chi connectivity index (χ1n) is 4.53. The molecule has 3 N–H and O–H groups in total. The first kappa shape index (κ1) is 10.6. The Labute approximate surface area is 95.0 Å². The Bertz CT molecular complexity index is 587. The molecule has 5 nitrogen and oxygen atoms in total. The topological polar surface area (TPSA) is 88.8 Å². The van der Waals surface area contributed by atoms with Crippen molar-refractivity contribution in [3.8, 4) is 10.6 Å². The number of primary amides is 1. The number of nitrogens with zero attached hydrogens (tertiary/aromatic N) is 1. The molecule has 0 atom stereocenters. The summed E-state index contributed by atoms with van der Waals surface area (Å²) >= 11 is 1.34. The quantitative estimate of drug-likeness (QED) is 0.810. The number of rotatable bonds is 2. The number of pyridine rings is 1. The van der Waals surface area contributed by atoms with Crippen molar-refractivity contribution in [2.24, 2.45) is 5.73 Å². The van der Waals surface area contributed by atoms with Gasteiger partial charge in [-0.3, -0.25) is 9.59 Å². The molecule has 0 unspecified atom stereocenters. The van der Waals surface area contributed by atoms with Gasteiger partial charge in [0.05, 0.1) is 5.56 Å². The van der Waals surface area contributed by atoms with Crippen molar-refractivity contribution in [3.05, 3.63) is 39.3 Å². The fraction of sp³-hybridized carbons (Fsp3) is 0.100. The molecule has 2 aromatic rings. The van der Waals surface area contributed by atoms with E-state index in [1.165, 1.54) is 17.5 Å². The molecule has 0 fully saturated rings. The van der Waals surface area contributed by atoms with Gasteiger partial charge in [-0.15, -0.1) is 11.3 Å². The molecule has 0 aliphatic carbocycles. The molecular weight excluding hydrogens is 226 g/mol. The first-order chi connectivity index (χ1) is 7.61. The number of carbonyl (C=O) groups excluding carboxylic acids is 1. The fourth-order valence-corrected chi connectivity index (χ4v) is 2.15. The van der Waals surface area contributed by atoms with Crippen LogP contribution in [-0.2, 0) is 0 Å². The minimum atomic E-state index is -0.737. The van der Waals surface area contributed by atoms with Gasteiger partial charge in [0.1, 0.15) is 10.6 Å². The van der Waals surface area contributed by atoms with Crippen LogP contribution in [0.2, 0.25) is 0 Å². The Morgan fingerprint density at radius 1 is 1.56 bits per heavy atom. The summed E-state index contributed by atoms with van der Waals surface area (Å²) in [5.41, 5.74) is 5.77. The molecular formula is C10H9N3O2S. The number of hydrogen-bond donors (Lipinski definition) is 2. The second-order valence-corrected chi connectivity index (χ2v) is 4.13. The SMILES string of the molecule is Cc1[nH]cc(C(N)=O)c(=O)c1-c1nccs1. The molecule has 0 radical (unpaired) electrons. The minimum absolute atomic E-state index is 0.0456. The molecule has 0 bridgehead atoms. The van der Waals surface area contributed by atoms with Crippen LogP contribution in [0.25, 0.3) is 10.6 Å². The maximum Gasteiger partial charge on any atom is 0.254 e. The Kier molecular flexibility index (Phi) is 2.57. The van der Waals surface area contributed by atoms with E-state index < -0.39 is 5.91 Å². The number of aromatic amines is 1. The average molecular weight is 235 g/mol. The van der Waals surface area contributed by atoms with Gasteiger partial charge in [0.25, 0.3) is 5.91 Å². The third kappa shape index (κ3) is 1.63. The van der Waals surface area contributed by atoms with Crippen molar-refractivity contribution in [3.63, 3.8) is 0 Å². The van der Waals surface area contributed by atoms with Gasteiger partial charge in [0, 0.05) is 23.5 Å². The summed E-state index contributed by atoms with van der Waals surface area (Å²) in [6.07, 6.45) is 2.94. The molecule has 0 aliphatic rings. The van der Waals surface area contributed by atoms with Crippen LogP contribution in [0.15, 0.2) is 22.6 Å². The highest BCUT2D eigenvalue weighted by Gasteiger charge is 2.15. The summed E-state index contributed by atoms with van der Waals surface area (Å²) < 4.78 is 0. The van der Waals surface area contributed by atoms with Crippen LogP contribution >= 0.6 is 11.3 Å². The molecule has 0 saturated heterocycles. The van der Waals surface area contributed by atoms with Gasteiger partial charge >= 0.3 is 0 Å². The third-order valence-electron chi connectivity index (χ3n) is 2.19. The highest BCUT2D eigenvalue weighted by Crippen LogP contribution is 2.20. The van der Waals surface area contributed by atoms with Crippen molar-refractivity contribution < 1.29 is 4.79 Å². The molecule has 0 spiro atoms. The largest absolute Gasteiger partial charge is 0.365 e. The number of nitrogens with two attached hydrogens (primary N) is 1. The van der Waals surface area contributed by atoms with Crippen LogP contribution < -0.4 is 11.2 Å². The van der Waals surface area contributed by atoms with Gasteiger partial charge < -0.3 is 10.7 Å². The van der Waals surface area contributed by atoms with E-state index in [4.69, 9.17) is 5.73 Å². The van der Waals surface area contributed by atoms with Gasteiger partial charge in [-0.05, 0) is 6.92 Å². The van der Waals surface area contributed by atoms with Crippen molar-refractivity contribution in [1.82, 2.24) is 9.97 Å². The molecule has 82 valence electrons. The summed E-state index contributed by atoms with van der Waals surface area (Å²) in [5.74, 6) is -0.737. The lowest BCUT2D eigenvalue weighted by Crippen LogP contribution is -2.23. The van der Waals surface area contributed by atoms with Crippen LogP contribution in [0, 0.1) is 6.92 Å². The number of H-pyrrole nitrogens is 1. The second-order valence-electron chi connectivity index (χ2n) is 3.23. The summed E-state index contributed by atoms with van der Waals surface area (Å²) in [7, 11) is 0. The Morgan fingerprint density at radius 2 is 2.31 bits per heavy atom. The predicted octanol–water partition coefficient (Wildman–Crippen LogP) is 0.906. The zero-order chi connectivity index (χ0) is 11.7. The van der Waals surface area contributed by atoms with Gasteiger partial charge in [-0.25, -0.2) is 4.98 Å². The van der Waals surface area contributed by atoms with Crippen LogP contribution in [0.4, 0.5) is 0 Å². The number of aromatic nitrogens is 2. The predicted molar refractivity (Wildman–Crippen MR) is 61.4 cm³/mol. The second kappa shape index (κ2) is 3.90. The molecule has 16 heavy (non-hydrogen) atoms. The highest BCUT2D eigenvalue weighted by atomic mass is 32.1. The number of hydrogen-bond acceptors (Lipinski definition) is 4. The minimum Gasteiger partial charge on any atom is -0.365 e. The molecule has 6 heteroatoms. The highest BCUT2D eigenvalue weighted by molar-refractivity contribution is 7.13. The summed E-state index contributed by atoms with van der Waals surface area (Å²) in [6.45, 7) is 1.75. The monoisotopic (exact) mass is 235 g/mol. The lowest BCUT2D eigenvalue weighted by molar-refractivity contribution is 0.0999. The van der Waals surface area contributed by atoms with E-state index in [0.29, 0.717) is 16.3 Å². The van der Waals surface area contributed by atoms with Crippen LogP contribution in [0.5, 0.6) is 0 Å². The van der Waals surface area contributed by atoms with E-state index in [1.807, 2.05) is 0 Å². The Morgan fingerprint density at radius 3 is 2.88 bits per heavy atom. The molecule has 0 saturated carbocycles. The van der Waals surface area contributed by atoms with Crippen molar-refractivity contribution in [2.75, 3.05) is 0 Å². The smallest absolute Gasteiger partial charge is 0.254 e. The van der Waals surface area contributed by atoms with E-state index in [-0.39, 0.29) is 11.0 Å². The fourth-order valence-electron chi connectivity index (χ4n) is 1.41. The van der Waals surface area contributed by atoms with Gasteiger partial charge in [-0.1, -0.05) is 0 Å². The summed E-state index contributed by atoms with van der Waals surface area (Å²) in [4.78, 5) is 29.9. The van der Waals surface area contributed by atoms with Gasteiger partial charge in [0.15, 0.2) is 0 Å². The average Bonchev–Trinajstić information content (AvgIpc) is 2.70. The normalized spacial score (nSPS) is 10.3. The zero-order valence-corrected chi connectivity index (χ0v) is 9.30. The number of carbonyl (C=O) groups is 1. The molecule has 2 aromatic heterocycles. The van der Waals surface area contributed by atoms with E-state index in [1.54, 1.807) is 18.5 Å². The van der Waals surface area contributed by atoms with Gasteiger partial charge in [-0.2, -0.15) is 0 Å². The van der Waals surface area contributed by atoms with Crippen LogP contribution in [0.1, 0.15) is 16.1 Å². The number of amides is 1. The molecule has 2 heterocycles. The maximum atomic E-state index is 12.0.